The van der Waals surface area contributed by atoms with E-state index in [1.165, 1.54) is 0 Å². The molecule has 0 fully saturated rings. The summed E-state index contributed by atoms with van der Waals surface area (Å²) in [4.78, 5) is 7.57. The molecule has 0 spiro atoms. The van der Waals surface area contributed by atoms with Crippen LogP contribution in [0.1, 0.15) is 18.4 Å². The zero-order valence-electron chi connectivity index (χ0n) is 11.5. The Morgan fingerprint density at radius 3 is 2.80 bits per heavy atom. The van der Waals surface area contributed by atoms with Gasteiger partial charge in [-0.2, -0.15) is 4.98 Å². The van der Waals surface area contributed by atoms with Crippen LogP contribution in [0.25, 0.3) is 22.2 Å². The van der Waals surface area contributed by atoms with Crippen molar-refractivity contribution in [3.8, 4) is 17.1 Å². The number of H-pyrrole nitrogens is 1. The number of hydrogen-bond acceptors (Lipinski definition) is 4. The summed E-state index contributed by atoms with van der Waals surface area (Å²) in [5.41, 5.74) is 4.69. The summed E-state index contributed by atoms with van der Waals surface area (Å²) < 4.78 is 11.5. The summed E-state index contributed by atoms with van der Waals surface area (Å²) in [6.07, 6.45) is 0. The number of imidazole rings is 1. The second-order valence-corrected chi connectivity index (χ2v) is 5.38. The lowest BCUT2D eigenvalue weighted by Gasteiger charge is -2.02. The van der Waals surface area contributed by atoms with Crippen molar-refractivity contribution >= 4 is 27.0 Å². The van der Waals surface area contributed by atoms with E-state index in [1.54, 1.807) is 0 Å². The Balaban J connectivity index is 2.19. The van der Waals surface area contributed by atoms with Crippen LogP contribution >= 0.6 is 15.9 Å². The van der Waals surface area contributed by atoms with Gasteiger partial charge in [0.15, 0.2) is 0 Å². The highest BCUT2D eigenvalue weighted by Crippen LogP contribution is 2.34. The molecule has 0 amide bonds. The summed E-state index contributed by atoms with van der Waals surface area (Å²) in [6, 6.07) is 4.58. The van der Waals surface area contributed by atoms with Gasteiger partial charge in [0, 0.05) is 10.0 Å². The maximum atomic E-state index is 5.41. The molecule has 0 atom stereocenters. The van der Waals surface area contributed by atoms with E-state index in [9.17, 15) is 0 Å². The van der Waals surface area contributed by atoms with E-state index in [4.69, 9.17) is 9.26 Å². The van der Waals surface area contributed by atoms with Gasteiger partial charge >= 0.3 is 0 Å². The zero-order valence-corrected chi connectivity index (χ0v) is 13.0. The average Bonchev–Trinajstić information content (AvgIpc) is 2.94. The van der Waals surface area contributed by atoms with Crippen LogP contribution in [0.2, 0.25) is 0 Å². The van der Waals surface area contributed by atoms with Crippen LogP contribution in [0.5, 0.6) is 6.01 Å². The van der Waals surface area contributed by atoms with Gasteiger partial charge in [0.05, 0.1) is 17.8 Å². The number of rotatable bonds is 3. The van der Waals surface area contributed by atoms with E-state index in [0.717, 1.165) is 38.1 Å². The second-order valence-electron chi connectivity index (χ2n) is 4.53. The lowest BCUT2D eigenvalue weighted by atomic mass is 10.0. The van der Waals surface area contributed by atoms with Gasteiger partial charge in [-0.1, -0.05) is 5.16 Å². The molecule has 0 aliphatic carbocycles. The third-order valence-corrected chi connectivity index (χ3v) is 3.73. The van der Waals surface area contributed by atoms with Gasteiger partial charge in [-0.15, -0.1) is 0 Å². The molecule has 0 bridgehead atoms. The number of aromatic nitrogens is 3. The predicted octanol–water partition coefficient (Wildman–Crippen LogP) is 4.00. The van der Waals surface area contributed by atoms with E-state index < -0.39 is 0 Å². The Morgan fingerprint density at radius 1 is 1.35 bits per heavy atom. The molecule has 3 rings (SSSR count). The van der Waals surface area contributed by atoms with Crippen LogP contribution in [0.4, 0.5) is 0 Å². The SMILES string of the molecule is CCOc1nc2c(Br)cc(-c3c(C)noc3C)cc2[nH]1. The molecule has 3 aromatic rings. The minimum Gasteiger partial charge on any atom is -0.465 e. The third kappa shape index (κ3) is 2.10. The first-order valence-corrected chi connectivity index (χ1v) is 7.14. The quantitative estimate of drug-likeness (QED) is 0.785. The number of aromatic amines is 1. The molecule has 0 saturated carbocycles. The van der Waals surface area contributed by atoms with Crippen molar-refractivity contribution in [3.63, 3.8) is 0 Å². The van der Waals surface area contributed by atoms with Crippen LogP contribution in [0.3, 0.4) is 0 Å². The minimum atomic E-state index is 0.527. The number of ether oxygens (including phenoxy) is 1. The average molecular weight is 336 g/mol. The van der Waals surface area contributed by atoms with Crippen molar-refractivity contribution in [1.82, 2.24) is 15.1 Å². The van der Waals surface area contributed by atoms with E-state index >= 15 is 0 Å². The molecule has 0 saturated heterocycles. The van der Waals surface area contributed by atoms with Gasteiger partial charge in [-0.25, -0.2) is 0 Å². The van der Waals surface area contributed by atoms with Crippen molar-refractivity contribution in [2.75, 3.05) is 6.61 Å². The molecule has 6 heteroatoms. The molecule has 104 valence electrons. The fraction of sp³-hybridized carbons (Fsp3) is 0.286. The standard InChI is InChI=1S/C14H14BrN3O2/c1-4-19-14-16-11-6-9(5-10(15)13(11)17-14)12-7(2)18-20-8(12)3/h5-6H,4H2,1-3H3,(H,16,17). The van der Waals surface area contributed by atoms with E-state index in [-0.39, 0.29) is 0 Å². The van der Waals surface area contributed by atoms with Crippen molar-refractivity contribution in [2.24, 2.45) is 0 Å². The highest BCUT2D eigenvalue weighted by molar-refractivity contribution is 9.10. The van der Waals surface area contributed by atoms with Gasteiger partial charge in [0.2, 0.25) is 0 Å². The monoisotopic (exact) mass is 335 g/mol. The second kappa shape index (κ2) is 4.94. The molecule has 2 aromatic heterocycles. The summed E-state index contributed by atoms with van der Waals surface area (Å²) in [7, 11) is 0. The number of halogens is 1. The van der Waals surface area contributed by atoms with Crippen molar-refractivity contribution < 1.29 is 9.26 Å². The zero-order chi connectivity index (χ0) is 14.3. The van der Waals surface area contributed by atoms with E-state index in [1.807, 2.05) is 32.9 Å². The highest BCUT2D eigenvalue weighted by atomic mass is 79.9. The van der Waals surface area contributed by atoms with Crippen LogP contribution in [-0.2, 0) is 0 Å². The van der Waals surface area contributed by atoms with Gasteiger partial charge in [-0.3, -0.25) is 0 Å². The van der Waals surface area contributed by atoms with Gasteiger partial charge in [-0.05, 0) is 54.4 Å². The minimum absolute atomic E-state index is 0.527. The van der Waals surface area contributed by atoms with Gasteiger partial charge < -0.3 is 14.2 Å². The number of hydrogen-bond donors (Lipinski definition) is 1. The fourth-order valence-corrected chi connectivity index (χ4v) is 2.85. The molecule has 20 heavy (non-hydrogen) atoms. The molecule has 0 radical (unpaired) electrons. The fourth-order valence-electron chi connectivity index (χ4n) is 2.30. The number of nitrogens with one attached hydrogen (secondary N) is 1. The van der Waals surface area contributed by atoms with Crippen molar-refractivity contribution in [1.29, 1.82) is 0 Å². The van der Waals surface area contributed by atoms with Crippen LogP contribution < -0.4 is 4.74 Å². The number of benzene rings is 1. The molecule has 2 heterocycles. The molecular weight excluding hydrogens is 322 g/mol. The largest absolute Gasteiger partial charge is 0.465 e. The molecule has 0 aliphatic heterocycles. The van der Waals surface area contributed by atoms with E-state index in [0.29, 0.717) is 12.6 Å². The number of fused-ring (bicyclic) bond motifs is 1. The third-order valence-electron chi connectivity index (χ3n) is 3.12. The Morgan fingerprint density at radius 2 is 2.15 bits per heavy atom. The maximum absolute atomic E-state index is 5.41. The summed E-state index contributed by atoms with van der Waals surface area (Å²) in [5, 5.41) is 4.00. The number of nitrogens with zero attached hydrogens (tertiary/aromatic N) is 2. The van der Waals surface area contributed by atoms with Crippen LogP contribution in [0, 0.1) is 13.8 Å². The van der Waals surface area contributed by atoms with Gasteiger partial charge in [0.1, 0.15) is 11.3 Å². The Labute approximate surface area is 124 Å². The Hall–Kier alpha value is -1.82. The van der Waals surface area contributed by atoms with Crippen LogP contribution in [-0.4, -0.2) is 21.7 Å². The smallest absolute Gasteiger partial charge is 0.294 e. The first-order valence-electron chi connectivity index (χ1n) is 6.35. The summed E-state index contributed by atoms with van der Waals surface area (Å²) >= 11 is 3.56. The first-order chi connectivity index (χ1) is 9.60. The van der Waals surface area contributed by atoms with Crippen molar-refractivity contribution in [3.05, 3.63) is 28.1 Å². The lowest BCUT2D eigenvalue weighted by molar-refractivity contribution is 0.317. The molecule has 5 nitrogen and oxygen atoms in total. The molecule has 0 aliphatic rings. The molecule has 1 N–H and O–H groups in total. The van der Waals surface area contributed by atoms with Crippen LogP contribution in [0.15, 0.2) is 21.1 Å². The number of aryl methyl sites for hydroxylation is 2. The summed E-state index contributed by atoms with van der Waals surface area (Å²) in [5.74, 6) is 0.804. The molecular formula is C14H14BrN3O2. The van der Waals surface area contributed by atoms with E-state index in [2.05, 4.69) is 31.1 Å². The first kappa shape index (κ1) is 13.2. The maximum Gasteiger partial charge on any atom is 0.294 e. The molecule has 0 unspecified atom stereocenters. The van der Waals surface area contributed by atoms with Crippen molar-refractivity contribution in [2.45, 2.75) is 20.8 Å². The van der Waals surface area contributed by atoms with Gasteiger partial charge in [0.25, 0.3) is 6.01 Å². The Bertz CT molecular complexity index is 757. The Kier molecular flexibility index (Phi) is 3.25. The predicted molar refractivity (Wildman–Crippen MR) is 79.9 cm³/mol. The topological polar surface area (TPSA) is 63.9 Å². The molecule has 1 aromatic carbocycles. The lowest BCUT2D eigenvalue weighted by Crippen LogP contribution is -1.92. The normalized spacial score (nSPS) is 11.2. The summed E-state index contributed by atoms with van der Waals surface area (Å²) in [6.45, 7) is 6.35. The highest BCUT2D eigenvalue weighted by Gasteiger charge is 2.15.